The second-order valence-corrected chi connectivity index (χ2v) is 4.23. The van der Waals surface area contributed by atoms with Gasteiger partial charge in [0.1, 0.15) is 5.56 Å². The molecule has 2 rings (SSSR count). The van der Waals surface area contributed by atoms with E-state index in [-0.39, 0.29) is 12.1 Å². The molecule has 0 aliphatic heterocycles. The van der Waals surface area contributed by atoms with Gasteiger partial charge in [0, 0.05) is 6.20 Å². The van der Waals surface area contributed by atoms with E-state index in [1.165, 1.54) is 0 Å². The summed E-state index contributed by atoms with van der Waals surface area (Å²) in [6.45, 7) is 0.174. The zero-order valence-electron chi connectivity index (χ0n) is 10.8. The van der Waals surface area contributed by atoms with Gasteiger partial charge in [-0.3, -0.25) is 24.5 Å². The summed E-state index contributed by atoms with van der Waals surface area (Å²) in [5.41, 5.74) is 3.72. The zero-order valence-corrected chi connectivity index (χ0v) is 10.8. The Hall–Kier alpha value is -3.16. The van der Waals surface area contributed by atoms with Gasteiger partial charge in [-0.05, 0) is 5.56 Å². The van der Waals surface area contributed by atoms with E-state index >= 15 is 0 Å². The Labute approximate surface area is 118 Å². The van der Waals surface area contributed by atoms with E-state index in [0.29, 0.717) is 0 Å². The predicted molar refractivity (Wildman–Crippen MR) is 73.9 cm³/mol. The average Bonchev–Trinajstić information content (AvgIpc) is 2.42. The van der Waals surface area contributed by atoms with Crippen LogP contribution in [0.25, 0.3) is 0 Å². The van der Waals surface area contributed by atoms with Gasteiger partial charge in [0.25, 0.3) is 11.5 Å². The molecule has 0 radical (unpaired) electrons. The lowest BCUT2D eigenvalue weighted by Gasteiger charge is -2.07. The number of rotatable bonds is 3. The van der Waals surface area contributed by atoms with Crippen molar-refractivity contribution in [3.63, 3.8) is 0 Å². The molecule has 4 N–H and O–H groups in total. The summed E-state index contributed by atoms with van der Waals surface area (Å²) in [6, 6.07) is 7.92. The first kappa shape index (κ1) is 14.3. The lowest BCUT2D eigenvalue weighted by Crippen LogP contribution is -2.41. The average molecular weight is 288 g/mol. The third-order valence-electron chi connectivity index (χ3n) is 2.69. The van der Waals surface area contributed by atoms with Crippen LogP contribution in [0, 0.1) is 0 Å². The van der Waals surface area contributed by atoms with Gasteiger partial charge in [-0.25, -0.2) is 9.59 Å². The molecule has 0 aliphatic rings. The number of carbonyl (C=O) groups is 2. The fraction of sp³-hybridized carbons (Fsp3) is 0.0769. The molecule has 0 fully saturated rings. The molecule has 108 valence electrons. The Morgan fingerprint density at radius 2 is 1.86 bits per heavy atom. The number of nitrogens with one attached hydrogen (secondary N) is 2. The van der Waals surface area contributed by atoms with Crippen LogP contribution in [0.2, 0.25) is 0 Å². The van der Waals surface area contributed by atoms with Gasteiger partial charge in [-0.2, -0.15) is 0 Å². The van der Waals surface area contributed by atoms with Crippen LogP contribution in [-0.4, -0.2) is 21.5 Å². The normalized spacial score (nSPS) is 10.1. The SMILES string of the molecule is NC(=O)NC(=O)c1cn(Cc2ccccc2)c(=O)[nH]c1=O. The van der Waals surface area contributed by atoms with Crippen LogP contribution in [-0.2, 0) is 6.54 Å². The Balaban J connectivity index is 2.39. The number of imide groups is 1. The monoisotopic (exact) mass is 288 g/mol. The number of nitrogens with zero attached hydrogens (tertiary/aromatic N) is 1. The number of aromatic amines is 1. The molecule has 0 atom stereocenters. The highest BCUT2D eigenvalue weighted by Gasteiger charge is 2.14. The van der Waals surface area contributed by atoms with Gasteiger partial charge < -0.3 is 5.73 Å². The van der Waals surface area contributed by atoms with E-state index < -0.39 is 23.2 Å². The van der Waals surface area contributed by atoms with Crippen molar-refractivity contribution in [2.75, 3.05) is 0 Å². The van der Waals surface area contributed by atoms with Crippen molar-refractivity contribution in [3.8, 4) is 0 Å². The fourth-order valence-corrected chi connectivity index (χ4v) is 1.75. The lowest BCUT2D eigenvalue weighted by molar-refractivity contribution is 0.0963. The number of hydrogen-bond donors (Lipinski definition) is 3. The minimum atomic E-state index is -1.08. The van der Waals surface area contributed by atoms with Crippen LogP contribution in [0.1, 0.15) is 15.9 Å². The maximum Gasteiger partial charge on any atom is 0.328 e. The van der Waals surface area contributed by atoms with Crippen LogP contribution in [0.4, 0.5) is 4.79 Å². The maximum absolute atomic E-state index is 11.7. The Morgan fingerprint density at radius 1 is 1.19 bits per heavy atom. The van der Waals surface area contributed by atoms with E-state index in [1.807, 2.05) is 11.1 Å². The third kappa shape index (κ3) is 3.44. The highest BCUT2D eigenvalue weighted by atomic mass is 16.2. The van der Waals surface area contributed by atoms with Crippen LogP contribution in [0.3, 0.4) is 0 Å². The summed E-state index contributed by atoms with van der Waals surface area (Å²) >= 11 is 0. The number of benzene rings is 1. The Kier molecular flexibility index (Phi) is 3.98. The molecule has 8 heteroatoms. The first-order valence-electron chi connectivity index (χ1n) is 5.96. The largest absolute Gasteiger partial charge is 0.351 e. The minimum Gasteiger partial charge on any atom is -0.351 e. The van der Waals surface area contributed by atoms with Gasteiger partial charge in [-0.1, -0.05) is 30.3 Å². The van der Waals surface area contributed by atoms with Gasteiger partial charge in [0.2, 0.25) is 0 Å². The van der Waals surface area contributed by atoms with E-state index in [1.54, 1.807) is 29.6 Å². The molecule has 3 amide bonds. The topological polar surface area (TPSA) is 127 Å². The molecular weight excluding hydrogens is 276 g/mol. The zero-order chi connectivity index (χ0) is 15.4. The van der Waals surface area contributed by atoms with Gasteiger partial charge in [-0.15, -0.1) is 0 Å². The summed E-state index contributed by atoms with van der Waals surface area (Å²) in [6.07, 6.45) is 1.09. The van der Waals surface area contributed by atoms with E-state index in [4.69, 9.17) is 5.73 Å². The number of aromatic nitrogens is 2. The van der Waals surface area contributed by atoms with Crippen molar-refractivity contribution in [2.24, 2.45) is 5.73 Å². The molecule has 0 spiro atoms. The fourth-order valence-electron chi connectivity index (χ4n) is 1.75. The number of amides is 3. The molecule has 0 saturated heterocycles. The predicted octanol–water partition coefficient (Wildman–Crippen LogP) is -0.607. The smallest absolute Gasteiger partial charge is 0.328 e. The van der Waals surface area contributed by atoms with Gasteiger partial charge >= 0.3 is 11.7 Å². The minimum absolute atomic E-state index is 0.174. The summed E-state index contributed by atoms with van der Waals surface area (Å²) in [5, 5.41) is 1.77. The maximum atomic E-state index is 11.7. The van der Waals surface area contributed by atoms with E-state index in [9.17, 15) is 19.2 Å². The summed E-state index contributed by atoms with van der Waals surface area (Å²) in [4.78, 5) is 47.6. The molecule has 0 aliphatic carbocycles. The van der Waals surface area contributed by atoms with Crippen LogP contribution >= 0.6 is 0 Å². The molecule has 1 heterocycles. The molecule has 21 heavy (non-hydrogen) atoms. The molecule has 1 aromatic carbocycles. The summed E-state index contributed by atoms with van der Waals surface area (Å²) in [5.74, 6) is -0.967. The van der Waals surface area contributed by atoms with Crippen molar-refractivity contribution in [1.29, 1.82) is 0 Å². The molecule has 8 nitrogen and oxygen atoms in total. The van der Waals surface area contributed by atoms with Gasteiger partial charge in [0.15, 0.2) is 0 Å². The van der Waals surface area contributed by atoms with Crippen LogP contribution in [0.15, 0.2) is 46.1 Å². The second-order valence-electron chi connectivity index (χ2n) is 4.23. The highest BCUT2D eigenvalue weighted by molar-refractivity contribution is 6.03. The number of hydrogen-bond acceptors (Lipinski definition) is 4. The number of H-pyrrole nitrogens is 1. The molecule has 2 aromatic rings. The quantitative estimate of drug-likeness (QED) is 0.696. The van der Waals surface area contributed by atoms with E-state index in [2.05, 4.69) is 0 Å². The van der Waals surface area contributed by atoms with E-state index in [0.717, 1.165) is 16.3 Å². The Morgan fingerprint density at radius 3 is 2.48 bits per heavy atom. The van der Waals surface area contributed by atoms with Crippen LogP contribution in [0.5, 0.6) is 0 Å². The summed E-state index contributed by atoms with van der Waals surface area (Å²) < 4.78 is 1.16. The summed E-state index contributed by atoms with van der Waals surface area (Å²) in [7, 11) is 0. The molecular formula is C13H12N4O4. The lowest BCUT2D eigenvalue weighted by atomic mass is 10.2. The van der Waals surface area contributed by atoms with Crippen molar-refractivity contribution in [2.45, 2.75) is 6.54 Å². The Bertz CT molecular complexity index is 792. The second kappa shape index (κ2) is 5.87. The standard InChI is InChI=1S/C13H12N4O4/c14-12(20)15-10(18)9-7-17(13(21)16-11(9)19)6-8-4-2-1-3-5-8/h1-5,7H,6H2,(H,16,19,21)(H3,14,15,18,20). The first-order chi connectivity index (χ1) is 9.97. The number of primary amides is 1. The number of carbonyl (C=O) groups excluding carboxylic acids is 2. The highest BCUT2D eigenvalue weighted by Crippen LogP contribution is 2.00. The number of nitrogens with two attached hydrogens (primary N) is 1. The first-order valence-corrected chi connectivity index (χ1v) is 5.96. The van der Waals surface area contributed by atoms with Crippen molar-refractivity contribution in [1.82, 2.24) is 14.9 Å². The van der Waals surface area contributed by atoms with Crippen molar-refractivity contribution >= 4 is 11.9 Å². The number of urea groups is 1. The third-order valence-corrected chi connectivity index (χ3v) is 2.69. The van der Waals surface area contributed by atoms with Crippen LogP contribution < -0.4 is 22.3 Å². The van der Waals surface area contributed by atoms with Crippen molar-refractivity contribution < 1.29 is 9.59 Å². The molecule has 0 saturated carbocycles. The van der Waals surface area contributed by atoms with Crippen molar-refractivity contribution in [3.05, 3.63) is 68.5 Å². The molecule has 1 aromatic heterocycles. The van der Waals surface area contributed by atoms with Gasteiger partial charge in [0.05, 0.1) is 6.54 Å². The molecule has 0 unspecified atom stereocenters. The molecule has 0 bridgehead atoms.